The van der Waals surface area contributed by atoms with Gasteiger partial charge in [-0.15, -0.1) is 0 Å². The Hall–Kier alpha value is -3.77. The van der Waals surface area contributed by atoms with Gasteiger partial charge in [-0.3, -0.25) is 19.5 Å². The quantitative estimate of drug-likeness (QED) is 0.654. The maximum absolute atomic E-state index is 12.8. The Kier molecular flexibility index (Phi) is 5.91. The van der Waals surface area contributed by atoms with Gasteiger partial charge in [-0.2, -0.15) is 5.26 Å². The maximum atomic E-state index is 12.8. The summed E-state index contributed by atoms with van der Waals surface area (Å²) < 4.78 is 1.72. The van der Waals surface area contributed by atoms with Crippen LogP contribution in [0.5, 0.6) is 0 Å². The molecule has 3 heterocycles. The number of carbonyl (C=O) groups excluding carboxylic acids is 2. The van der Waals surface area contributed by atoms with Gasteiger partial charge < -0.3 is 10.6 Å². The predicted octanol–water partition coefficient (Wildman–Crippen LogP) is 2.14. The molecule has 1 aromatic carbocycles. The fourth-order valence-corrected chi connectivity index (χ4v) is 3.75. The van der Waals surface area contributed by atoms with Crippen molar-refractivity contribution in [3.8, 4) is 6.07 Å². The zero-order valence-corrected chi connectivity index (χ0v) is 17.0. The van der Waals surface area contributed by atoms with E-state index < -0.39 is 5.91 Å². The summed E-state index contributed by atoms with van der Waals surface area (Å²) in [4.78, 5) is 36.3. The molecule has 0 unspecified atom stereocenters. The van der Waals surface area contributed by atoms with Crippen molar-refractivity contribution in [2.75, 3.05) is 25.0 Å². The lowest BCUT2D eigenvalue weighted by Gasteiger charge is -2.26. The van der Waals surface area contributed by atoms with Crippen LogP contribution in [0.1, 0.15) is 45.5 Å². The number of nitriles is 1. The highest BCUT2D eigenvalue weighted by Crippen LogP contribution is 2.21. The number of nitrogens with one attached hydrogen (secondary N) is 1. The number of aromatic nitrogens is 3. The van der Waals surface area contributed by atoms with E-state index in [-0.39, 0.29) is 5.91 Å². The highest BCUT2D eigenvalue weighted by atomic mass is 16.2. The summed E-state index contributed by atoms with van der Waals surface area (Å²) in [5.41, 5.74) is 8.02. The number of hydrogen-bond acceptors (Lipinski definition) is 6. The van der Waals surface area contributed by atoms with Crippen LogP contribution >= 0.6 is 0 Å². The summed E-state index contributed by atoms with van der Waals surface area (Å²) in [7, 11) is 0. The molecule has 1 fully saturated rings. The molecule has 1 aliphatic heterocycles. The molecule has 1 saturated heterocycles. The van der Waals surface area contributed by atoms with E-state index >= 15 is 0 Å². The smallest absolute Gasteiger partial charge is 0.258 e. The van der Waals surface area contributed by atoms with Gasteiger partial charge in [0.25, 0.3) is 11.8 Å². The zero-order valence-electron chi connectivity index (χ0n) is 17.0. The summed E-state index contributed by atoms with van der Waals surface area (Å²) >= 11 is 0. The summed E-state index contributed by atoms with van der Waals surface area (Å²) in [6, 6.07) is 10.1. The zero-order chi connectivity index (χ0) is 21.8. The second-order valence-electron chi connectivity index (χ2n) is 7.44. The third-order valence-electron chi connectivity index (χ3n) is 5.31. The molecule has 0 bridgehead atoms. The molecular formula is C22H23N7O2. The van der Waals surface area contributed by atoms with E-state index in [0.717, 1.165) is 32.4 Å². The Bertz CT molecular complexity index is 1170. The number of benzene rings is 1. The number of hydrogen-bond donors (Lipinski definition) is 2. The SMILES string of the molecule is N#Cc1cccc(C(=O)Nc2nc3cc(C(=O)N4CCCCC4)cnc3n2CCN)c1. The maximum Gasteiger partial charge on any atom is 0.258 e. The number of piperidine rings is 1. The fourth-order valence-electron chi connectivity index (χ4n) is 3.75. The predicted molar refractivity (Wildman–Crippen MR) is 115 cm³/mol. The third-order valence-corrected chi connectivity index (χ3v) is 5.31. The van der Waals surface area contributed by atoms with Gasteiger partial charge in [0.1, 0.15) is 5.52 Å². The standard InChI is InChI=1S/C22H23N7O2/c23-7-10-29-19-18(12-17(14-25-19)21(31)28-8-2-1-3-9-28)26-22(29)27-20(30)16-6-4-5-15(11-16)13-24/h4-6,11-12,14H,1-3,7-10,23H2,(H,26,27,30). The molecule has 9 nitrogen and oxygen atoms in total. The molecule has 0 spiro atoms. The molecule has 9 heteroatoms. The second kappa shape index (κ2) is 8.93. The minimum Gasteiger partial charge on any atom is -0.339 e. The minimum absolute atomic E-state index is 0.0543. The Morgan fingerprint density at radius 1 is 1.16 bits per heavy atom. The van der Waals surface area contributed by atoms with E-state index in [9.17, 15) is 9.59 Å². The van der Waals surface area contributed by atoms with E-state index in [0.29, 0.717) is 46.9 Å². The van der Waals surface area contributed by atoms with Crippen LogP contribution in [0.25, 0.3) is 11.2 Å². The van der Waals surface area contributed by atoms with E-state index in [4.69, 9.17) is 11.0 Å². The number of rotatable bonds is 5. The summed E-state index contributed by atoms with van der Waals surface area (Å²) in [5.74, 6) is -0.153. The first-order chi connectivity index (χ1) is 15.1. The molecule has 0 atom stereocenters. The fraction of sp³-hybridized carbons (Fsp3) is 0.318. The van der Waals surface area contributed by atoms with E-state index in [1.54, 1.807) is 35.0 Å². The van der Waals surface area contributed by atoms with E-state index in [1.807, 2.05) is 11.0 Å². The number of imidazole rings is 1. The van der Waals surface area contributed by atoms with Crippen molar-refractivity contribution in [3.05, 3.63) is 53.2 Å². The van der Waals surface area contributed by atoms with Crippen LogP contribution in [-0.4, -0.2) is 50.9 Å². The number of amides is 2. The molecule has 1 aliphatic rings. The van der Waals surface area contributed by atoms with Gasteiger partial charge >= 0.3 is 0 Å². The van der Waals surface area contributed by atoms with Crippen LogP contribution in [0.3, 0.4) is 0 Å². The lowest BCUT2D eigenvalue weighted by molar-refractivity contribution is 0.0724. The van der Waals surface area contributed by atoms with Crippen molar-refractivity contribution in [1.29, 1.82) is 5.26 Å². The lowest BCUT2D eigenvalue weighted by Crippen LogP contribution is -2.35. The minimum atomic E-state index is -0.393. The molecule has 31 heavy (non-hydrogen) atoms. The monoisotopic (exact) mass is 417 g/mol. The van der Waals surface area contributed by atoms with Crippen molar-refractivity contribution in [2.24, 2.45) is 5.73 Å². The van der Waals surface area contributed by atoms with Gasteiger partial charge in [0.2, 0.25) is 5.95 Å². The molecule has 3 aromatic rings. The number of fused-ring (bicyclic) bond motifs is 1. The van der Waals surface area contributed by atoms with Crippen LogP contribution in [0, 0.1) is 11.3 Å². The lowest BCUT2D eigenvalue weighted by atomic mass is 10.1. The molecular weight excluding hydrogens is 394 g/mol. The van der Waals surface area contributed by atoms with Crippen LogP contribution in [0.4, 0.5) is 5.95 Å². The average Bonchev–Trinajstić information content (AvgIpc) is 3.15. The van der Waals surface area contributed by atoms with Gasteiger partial charge in [0, 0.05) is 37.9 Å². The van der Waals surface area contributed by atoms with Gasteiger partial charge in [-0.05, 0) is 43.5 Å². The van der Waals surface area contributed by atoms with Crippen molar-refractivity contribution in [2.45, 2.75) is 25.8 Å². The summed E-state index contributed by atoms with van der Waals surface area (Å²) in [6.45, 7) is 2.23. The van der Waals surface area contributed by atoms with Gasteiger partial charge in [0.15, 0.2) is 5.65 Å². The van der Waals surface area contributed by atoms with Crippen LogP contribution in [0.15, 0.2) is 36.5 Å². The van der Waals surface area contributed by atoms with Crippen molar-refractivity contribution in [3.63, 3.8) is 0 Å². The highest BCUT2D eigenvalue weighted by molar-refractivity contribution is 6.04. The molecule has 158 valence electrons. The first-order valence-corrected chi connectivity index (χ1v) is 10.3. The largest absolute Gasteiger partial charge is 0.339 e. The summed E-state index contributed by atoms with van der Waals surface area (Å²) in [5, 5.41) is 11.8. The average molecular weight is 417 g/mol. The Morgan fingerprint density at radius 2 is 1.97 bits per heavy atom. The normalized spacial score (nSPS) is 13.7. The van der Waals surface area contributed by atoms with E-state index in [1.165, 1.54) is 6.07 Å². The van der Waals surface area contributed by atoms with Gasteiger partial charge in [-0.1, -0.05) is 6.07 Å². The second-order valence-corrected chi connectivity index (χ2v) is 7.44. The number of nitrogens with zero attached hydrogens (tertiary/aromatic N) is 5. The molecule has 0 saturated carbocycles. The molecule has 4 rings (SSSR count). The van der Waals surface area contributed by atoms with Crippen molar-refractivity contribution < 1.29 is 9.59 Å². The molecule has 0 radical (unpaired) electrons. The summed E-state index contributed by atoms with van der Waals surface area (Å²) in [6.07, 6.45) is 4.71. The number of carbonyl (C=O) groups is 2. The number of likely N-dealkylation sites (tertiary alicyclic amines) is 1. The topological polar surface area (TPSA) is 130 Å². The highest BCUT2D eigenvalue weighted by Gasteiger charge is 2.21. The number of pyridine rings is 1. The first-order valence-electron chi connectivity index (χ1n) is 10.3. The number of anilines is 1. The molecule has 0 aliphatic carbocycles. The van der Waals surface area contributed by atoms with Crippen molar-refractivity contribution >= 4 is 28.9 Å². The first kappa shape index (κ1) is 20.5. The Balaban J connectivity index is 1.64. The van der Waals surface area contributed by atoms with Crippen LogP contribution in [0.2, 0.25) is 0 Å². The number of nitrogens with two attached hydrogens (primary N) is 1. The molecule has 3 N–H and O–H groups in total. The Labute approximate surface area is 179 Å². The third kappa shape index (κ3) is 4.25. The van der Waals surface area contributed by atoms with Crippen molar-refractivity contribution in [1.82, 2.24) is 19.4 Å². The molecule has 2 amide bonds. The van der Waals surface area contributed by atoms with Crippen LogP contribution in [-0.2, 0) is 6.54 Å². The Morgan fingerprint density at radius 3 is 2.71 bits per heavy atom. The van der Waals surface area contributed by atoms with Gasteiger partial charge in [-0.25, -0.2) is 9.97 Å². The van der Waals surface area contributed by atoms with E-state index in [2.05, 4.69) is 15.3 Å². The van der Waals surface area contributed by atoms with Gasteiger partial charge in [0.05, 0.1) is 17.2 Å². The van der Waals surface area contributed by atoms with Crippen LogP contribution < -0.4 is 11.1 Å². The molecule has 2 aromatic heterocycles.